The maximum absolute atomic E-state index is 5.73. The molecule has 7 heteroatoms. The number of morpholine rings is 1. The van der Waals surface area contributed by atoms with Gasteiger partial charge in [0, 0.05) is 39.4 Å². The molecular formula is C23H39IN4O2. The van der Waals surface area contributed by atoms with Gasteiger partial charge in [0.1, 0.15) is 0 Å². The van der Waals surface area contributed by atoms with Crippen molar-refractivity contribution < 1.29 is 9.47 Å². The lowest BCUT2D eigenvalue weighted by atomic mass is 10.0. The van der Waals surface area contributed by atoms with E-state index in [1.807, 2.05) is 0 Å². The van der Waals surface area contributed by atoms with E-state index in [4.69, 9.17) is 14.5 Å². The third-order valence-corrected chi connectivity index (χ3v) is 5.49. The molecule has 2 fully saturated rings. The number of aryl methyl sites for hydroxylation is 1. The molecule has 30 heavy (non-hydrogen) atoms. The first-order valence-corrected chi connectivity index (χ1v) is 11.2. The number of halogens is 1. The molecule has 6 nitrogen and oxygen atoms in total. The van der Waals surface area contributed by atoms with Crippen molar-refractivity contribution in [2.75, 3.05) is 59.2 Å². The largest absolute Gasteiger partial charge is 0.381 e. The molecule has 1 heterocycles. The fraction of sp³-hybridized carbons (Fsp3) is 0.696. The van der Waals surface area contributed by atoms with Gasteiger partial charge < -0.3 is 20.1 Å². The van der Waals surface area contributed by atoms with Gasteiger partial charge in [-0.2, -0.15) is 0 Å². The van der Waals surface area contributed by atoms with Gasteiger partial charge in [0.15, 0.2) is 5.96 Å². The van der Waals surface area contributed by atoms with E-state index in [1.54, 1.807) is 0 Å². The van der Waals surface area contributed by atoms with Crippen LogP contribution in [-0.4, -0.2) is 70.0 Å². The van der Waals surface area contributed by atoms with Crippen LogP contribution in [-0.2, 0) is 9.47 Å². The highest BCUT2D eigenvalue weighted by Gasteiger charge is 2.23. The molecular weight excluding hydrogens is 491 g/mol. The van der Waals surface area contributed by atoms with Gasteiger partial charge in [0.25, 0.3) is 0 Å². The number of benzene rings is 1. The quantitative estimate of drug-likeness (QED) is 0.199. The first-order valence-electron chi connectivity index (χ1n) is 11.2. The van der Waals surface area contributed by atoms with Gasteiger partial charge in [-0.25, -0.2) is 0 Å². The average molecular weight is 530 g/mol. The maximum Gasteiger partial charge on any atom is 0.191 e. The Hall–Kier alpha value is -0.900. The number of nitrogens with one attached hydrogen (secondary N) is 2. The minimum Gasteiger partial charge on any atom is -0.381 e. The molecule has 1 aliphatic carbocycles. The second-order valence-electron chi connectivity index (χ2n) is 8.10. The van der Waals surface area contributed by atoms with Crippen LogP contribution in [0.5, 0.6) is 0 Å². The molecule has 0 radical (unpaired) electrons. The van der Waals surface area contributed by atoms with Crippen molar-refractivity contribution in [1.82, 2.24) is 15.5 Å². The SMILES string of the molecule is CCNC(=NCC(c1cccc(C)c1)N1CCOCC1)NCCCOCC1CC1.I. The van der Waals surface area contributed by atoms with Crippen LogP contribution in [0.4, 0.5) is 0 Å². The van der Waals surface area contributed by atoms with E-state index in [-0.39, 0.29) is 30.0 Å². The van der Waals surface area contributed by atoms with E-state index in [2.05, 4.69) is 53.6 Å². The zero-order valence-corrected chi connectivity index (χ0v) is 20.9. The Morgan fingerprint density at radius 3 is 2.77 bits per heavy atom. The molecule has 0 bridgehead atoms. The van der Waals surface area contributed by atoms with Gasteiger partial charge in [-0.05, 0) is 44.6 Å². The van der Waals surface area contributed by atoms with E-state index in [0.717, 1.165) is 77.4 Å². The number of ether oxygens (including phenoxy) is 2. The number of rotatable bonds is 11. The highest BCUT2D eigenvalue weighted by Crippen LogP contribution is 2.28. The summed E-state index contributed by atoms with van der Waals surface area (Å²) in [5.74, 6) is 1.72. The minimum absolute atomic E-state index is 0. The number of hydrogen-bond donors (Lipinski definition) is 2. The molecule has 1 saturated carbocycles. The summed E-state index contributed by atoms with van der Waals surface area (Å²) in [5, 5.41) is 6.84. The lowest BCUT2D eigenvalue weighted by Crippen LogP contribution is -2.42. The summed E-state index contributed by atoms with van der Waals surface area (Å²) in [7, 11) is 0. The predicted molar refractivity (Wildman–Crippen MR) is 134 cm³/mol. The summed E-state index contributed by atoms with van der Waals surface area (Å²) < 4.78 is 11.3. The highest BCUT2D eigenvalue weighted by molar-refractivity contribution is 14.0. The van der Waals surface area contributed by atoms with Crippen LogP contribution in [0.3, 0.4) is 0 Å². The van der Waals surface area contributed by atoms with Gasteiger partial charge in [0.05, 0.1) is 25.8 Å². The van der Waals surface area contributed by atoms with E-state index < -0.39 is 0 Å². The van der Waals surface area contributed by atoms with Crippen molar-refractivity contribution in [3.8, 4) is 0 Å². The second kappa shape index (κ2) is 14.2. The molecule has 3 rings (SSSR count). The molecule has 1 aliphatic heterocycles. The van der Waals surface area contributed by atoms with Gasteiger partial charge in [-0.15, -0.1) is 24.0 Å². The molecule has 1 aromatic rings. The van der Waals surface area contributed by atoms with E-state index >= 15 is 0 Å². The Balaban J connectivity index is 0.00000320. The van der Waals surface area contributed by atoms with Crippen molar-refractivity contribution in [2.45, 2.75) is 39.2 Å². The van der Waals surface area contributed by atoms with Gasteiger partial charge in [-0.3, -0.25) is 9.89 Å². The van der Waals surface area contributed by atoms with Crippen LogP contribution in [0.25, 0.3) is 0 Å². The van der Waals surface area contributed by atoms with Gasteiger partial charge in [0.2, 0.25) is 0 Å². The molecule has 0 aromatic heterocycles. The molecule has 2 aliphatic rings. The molecule has 1 saturated heterocycles. The topological polar surface area (TPSA) is 58.1 Å². The Labute approximate surface area is 199 Å². The average Bonchev–Trinajstić information content (AvgIpc) is 3.56. The molecule has 1 aromatic carbocycles. The van der Waals surface area contributed by atoms with Crippen LogP contribution in [0, 0.1) is 12.8 Å². The van der Waals surface area contributed by atoms with Crippen LogP contribution in [0.2, 0.25) is 0 Å². The fourth-order valence-electron chi connectivity index (χ4n) is 3.63. The van der Waals surface area contributed by atoms with Gasteiger partial charge >= 0.3 is 0 Å². The fourth-order valence-corrected chi connectivity index (χ4v) is 3.63. The third-order valence-electron chi connectivity index (χ3n) is 5.49. The molecule has 2 N–H and O–H groups in total. The number of nitrogens with zero attached hydrogens (tertiary/aromatic N) is 2. The summed E-state index contributed by atoms with van der Waals surface area (Å²) in [5.41, 5.74) is 2.63. The Kier molecular flexibility index (Phi) is 12.0. The number of aliphatic imine (C=N–C) groups is 1. The van der Waals surface area contributed by atoms with Crippen LogP contribution in [0.15, 0.2) is 29.3 Å². The monoisotopic (exact) mass is 530 g/mol. The summed E-state index contributed by atoms with van der Waals surface area (Å²) >= 11 is 0. The Morgan fingerprint density at radius 1 is 1.27 bits per heavy atom. The Morgan fingerprint density at radius 2 is 2.07 bits per heavy atom. The molecule has 170 valence electrons. The van der Waals surface area contributed by atoms with Crippen molar-refractivity contribution in [1.29, 1.82) is 0 Å². The maximum atomic E-state index is 5.73. The summed E-state index contributed by atoms with van der Waals surface area (Å²) in [6, 6.07) is 9.08. The van der Waals surface area contributed by atoms with Crippen LogP contribution >= 0.6 is 24.0 Å². The van der Waals surface area contributed by atoms with Crippen LogP contribution < -0.4 is 10.6 Å². The first kappa shape index (κ1) is 25.4. The van der Waals surface area contributed by atoms with Gasteiger partial charge in [-0.1, -0.05) is 29.8 Å². The van der Waals surface area contributed by atoms with Crippen molar-refractivity contribution in [3.63, 3.8) is 0 Å². The molecule has 0 amide bonds. The minimum atomic E-state index is 0. The number of hydrogen-bond acceptors (Lipinski definition) is 4. The van der Waals surface area contributed by atoms with E-state index in [0.29, 0.717) is 0 Å². The zero-order valence-electron chi connectivity index (χ0n) is 18.6. The zero-order chi connectivity index (χ0) is 20.3. The van der Waals surface area contributed by atoms with Crippen molar-refractivity contribution in [3.05, 3.63) is 35.4 Å². The normalized spacial score (nSPS) is 18.5. The molecule has 1 atom stereocenters. The molecule has 1 unspecified atom stereocenters. The van der Waals surface area contributed by atoms with Crippen molar-refractivity contribution in [2.24, 2.45) is 10.9 Å². The predicted octanol–water partition coefficient (Wildman–Crippen LogP) is 3.36. The summed E-state index contributed by atoms with van der Waals surface area (Å²) in [4.78, 5) is 7.42. The van der Waals surface area contributed by atoms with E-state index in [1.165, 1.54) is 24.0 Å². The lowest BCUT2D eigenvalue weighted by Gasteiger charge is -2.34. The number of guanidine groups is 1. The van der Waals surface area contributed by atoms with Crippen molar-refractivity contribution >= 4 is 29.9 Å². The Bertz CT molecular complexity index is 633. The third kappa shape index (κ3) is 9.08. The molecule has 0 spiro atoms. The lowest BCUT2D eigenvalue weighted by molar-refractivity contribution is 0.0179. The standard InChI is InChI=1S/C23H38N4O2.HI/c1-3-24-23(25-10-5-13-29-18-20-8-9-20)26-17-22(27-11-14-28-15-12-27)21-7-4-6-19(2)16-21;/h4,6-7,16,20,22H,3,5,8-15,17-18H2,1-2H3,(H2,24,25,26);1H. The second-order valence-corrected chi connectivity index (χ2v) is 8.10. The smallest absolute Gasteiger partial charge is 0.191 e. The van der Waals surface area contributed by atoms with Crippen LogP contribution in [0.1, 0.15) is 43.4 Å². The summed E-state index contributed by atoms with van der Waals surface area (Å²) in [6.45, 7) is 12.0. The first-order chi connectivity index (χ1) is 14.3. The highest BCUT2D eigenvalue weighted by atomic mass is 127. The summed E-state index contributed by atoms with van der Waals surface area (Å²) in [6.07, 6.45) is 3.70. The van der Waals surface area contributed by atoms with E-state index in [9.17, 15) is 0 Å².